The van der Waals surface area contributed by atoms with Crippen molar-refractivity contribution < 1.29 is 14.3 Å². The third kappa shape index (κ3) is 4.14. The van der Waals surface area contributed by atoms with Crippen LogP contribution in [0.25, 0.3) is 10.9 Å². The predicted octanol–water partition coefficient (Wildman–Crippen LogP) is 2.33. The van der Waals surface area contributed by atoms with E-state index in [9.17, 15) is 9.59 Å². The van der Waals surface area contributed by atoms with Crippen molar-refractivity contribution in [3.63, 3.8) is 0 Å². The Morgan fingerprint density at radius 2 is 1.96 bits per heavy atom. The fourth-order valence-electron chi connectivity index (χ4n) is 2.36. The molecular formula is C18H18N4O3. The van der Waals surface area contributed by atoms with Gasteiger partial charge in [0.15, 0.2) is 0 Å². The summed E-state index contributed by atoms with van der Waals surface area (Å²) in [7, 11) is 0. The van der Waals surface area contributed by atoms with E-state index < -0.39 is 0 Å². The van der Waals surface area contributed by atoms with Crippen LogP contribution in [-0.2, 0) is 4.79 Å². The number of nitrogens with one attached hydrogen (secondary N) is 3. The van der Waals surface area contributed by atoms with Gasteiger partial charge in [0.05, 0.1) is 24.9 Å². The number of aromatic amines is 1. The molecule has 0 saturated heterocycles. The van der Waals surface area contributed by atoms with Crippen LogP contribution in [0.1, 0.15) is 17.3 Å². The smallest absolute Gasteiger partial charge is 0.251 e. The molecule has 0 radical (unpaired) electrons. The van der Waals surface area contributed by atoms with Gasteiger partial charge >= 0.3 is 0 Å². The van der Waals surface area contributed by atoms with E-state index in [-0.39, 0.29) is 18.4 Å². The van der Waals surface area contributed by atoms with Crippen LogP contribution in [0.5, 0.6) is 5.75 Å². The molecule has 2 amide bonds. The van der Waals surface area contributed by atoms with Crippen molar-refractivity contribution in [1.82, 2.24) is 15.5 Å². The number of aromatic nitrogens is 2. The highest BCUT2D eigenvalue weighted by atomic mass is 16.5. The second kappa shape index (κ2) is 7.48. The van der Waals surface area contributed by atoms with Crippen LogP contribution >= 0.6 is 0 Å². The quantitative estimate of drug-likeness (QED) is 0.643. The van der Waals surface area contributed by atoms with Gasteiger partial charge in [-0.15, -0.1) is 0 Å². The first-order valence-electron chi connectivity index (χ1n) is 7.90. The lowest BCUT2D eigenvalue weighted by atomic mass is 10.2. The van der Waals surface area contributed by atoms with Gasteiger partial charge in [0.2, 0.25) is 5.91 Å². The molecule has 25 heavy (non-hydrogen) atoms. The van der Waals surface area contributed by atoms with E-state index in [0.29, 0.717) is 23.6 Å². The van der Waals surface area contributed by atoms with Crippen molar-refractivity contribution in [2.75, 3.05) is 18.5 Å². The van der Waals surface area contributed by atoms with Gasteiger partial charge in [-0.05, 0) is 49.4 Å². The van der Waals surface area contributed by atoms with Gasteiger partial charge in [-0.2, -0.15) is 5.10 Å². The Hall–Kier alpha value is -3.35. The minimum absolute atomic E-state index is 0.116. The Morgan fingerprint density at radius 1 is 1.16 bits per heavy atom. The van der Waals surface area contributed by atoms with Crippen molar-refractivity contribution in [2.24, 2.45) is 0 Å². The summed E-state index contributed by atoms with van der Waals surface area (Å²) >= 11 is 0. The molecule has 7 nitrogen and oxygen atoms in total. The molecule has 2 aromatic carbocycles. The maximum absolute atomic E-state index is 12.1. The summed E-state index contributed by atoms with van der Waals surface area (Å²) in [6.45, 7) is 2.34. The van der Waals surface area contributed by atoms with Crippen molar-refractivity contribution in [3.05, 3.63) is 54.2 Å². The Balaban J connectivity index is 1.53. The third-order valence-corrected chi connectivity index (χ3v) is 3.56. The summed E-state index contributed by atoms with van der Waals surface area (Å²) in [4.78, 5) is 24.1. The van der Waals surface area contributed by atoms with Crippen LogP contribution < -0.4 is 15.4 Å². The molecule has 0 fully saturated rings. The van der Waals surface area contributed by atoms with Crippen molar-refractivity contribution >= 4 is 28.4 Å². The molecule has 128 valence electrons. The summed E-state index contributed by atoms with van der Waals surface area (Å²) in [5.41, 5.74) is 2.01. The Morgan fingerprint density at radius 3 is 2.72 bits per heavy atom. The molecule has 0 atom stereocenters. The van der Waals surface area contributed by atoms with Crippen LogP contribution in [0.3, 0.4) is 0 Å². The lowest BCUT2D eigenvalue weighted by Crippen LogP contribution is -2.32. The number of ether oxygens (including phenoxy) is 1. The zero-order chi connectivity index (χ0) is 17.6. The van der Waals surface area contributed by atoms with Crippen molar-refractivity contribution in [3.8, 4) is 5.75 Å². The second-order valence-electron chi connectivity index (χ2n) is 5.36. The Labute approximate surface area is 144 Å². The topological polar surface area (TPSA) is 96.1 Å². The number of benzene rings is 2. The molecule has 0 bridgehead atoms. The van der Waals surface area contributed by atoms with E-state index in [4.69, 9.17) is 4.74 Å². The average molecular weight is 338 g/mol. The highest BCUT2D eigenvalue weighted by Crippen LogP contribution is 2.16. The van der Waals surface area contributed by atoms with Gasteiger partial charge in [0.1, 0.15) is 5.75 Å². The molecule has 0 aliphatic heterocycles. The summed E-state index contributed by atoms with van der Waals surface area (Å²) < 4.78 is 5.33. The monoisotopic (exact) mass is 338 g/mol. The van der Waals surface area contributed by atoms with E-state index in [1.165, 1.54) is 0 Å². The van der Waals surface area contributed by atoms with Gasteiger partial charge in [0, 0.05) is 16.6 Å². The van der Waals surface area contributed by atoms with E-state index in [2.05, 4.69) is 20.8 Å². The number of fused-ring (bicyclic) bond motifs is 1. The Kier molecular flexibility index (Phi) is 4.94. The molecule has 0 unspecified atom stereocenters. The first-order chi connectivity index (χ1) is 12.2. The van der Waals surface area contributed by atoms with Gasteiger partial charge in [-0.3, -0.25) is 14.7 Å². The molecule has 0 spiro atoms. The van der Waals surface area contributed by atoms with E-state index in [0.717, 1.165) is 10.9 Å². The molecule has 0 saturated carbocycles. The summed E-state index contributed by atoms with van der Waals surface area (Å²) in [5.74, 6) is 0.0806. The molecule has 3 rings (SSSR count). The molecule has 1 aromatic heterocycles. The SMILES string of the molecule is CCOc1ccc(C(=O)NCC(=O)Nc2ccc3[nH]ncc3c2)cc1. The number of amides is 2. The van der Waals surface area contributed by atoms with Crippen molar-refractivity contribution in [2.45, 2.75) is 6.92 Å². The number of anilines is 1. The van der Waals surface area contributed by atoms with Crippen molar-refractivity contribution in [1.29, 1.82) is 0 Å². The average Bonchev–Trinajstić information content (AvgIpc) is 3.08. The molecular weight excluding hydrogens is 320 g/mol. The lowest BCUT2D eigenvalue weighted by Gasteiger charge is -2.08. The van der Waals surface area contributed by atoms with Crippen LogP contribution in [0.4, 0.5) is 5.69 Å². The number of carbonyl (C=O) groups excluding carboxylic acids is 2. The first kappa shape index (κ1) is 16.5. The normalized spacial score (nSPS) is 10.4. The largest absolute Gasteiger partial charge is 0.494 e. The van der Waals surface area contributed by atoms with E-state index in [1.54, 1.807) is 36.5 Å². The fourth-order valence-corrected chi connectivity index (χ4v) is 2.36. The first-order valence-corrected chi connectivity index (χ1v) is 7.90. The number of hydrogen-bond donors (Lipinski definition) is 3. The molecule has 3 aromatic rings. The summed E-state index contributed by atoms with van der Waals surface area (Å²) in [5, 5.41) is 13.0. The third-order valence-electron chi connectivity index (χ3n) is 3.56. The zero-order valence-corrected chi connectivity index (χ0v) is 13.7. The molecule has 3 N–H and O–H groups in total. The van der Waals surface area contributed by atoms with Crippen LogP contribution in [-0.4, -0.2) is 35.2 Å². The minimum Gasteiger partial charge on any atom is -0.494 e. The highest BCUT2D eigenvalue weighted by Gasteiger charge is 2.09. The van der Waals surface area contributed by atoms with E-state index >= 15 is 0 Å². The zero-order valence-electron chi connectivity index (χ0n) is 13.7. The van der Waals surface area contributed by atoms with Gasteiger partial charge in [-0.25, -0.2) is 0 Å². The molecule has 7 heteroatoms. The second-order valence-corrected chi connectivity index (χ2v) is 5.36. The summed E-state index contributed by atoms with van der Waals surface area (Å²) in [6.07, 6.45) is 1.68. The minimum atomic E-state index is -0.316. The fraction of sp³-hybridized carbons (Fsp3) is 0.167. The number of hydrogen-bond acceptors (Lipinski definition) is 4. The van der Waals surface area contributed by atoms with Crippen LogP contribution in [0, 0.1) is 0 Å². The molecule has 0 aliphatic rings. The number of nitrogens with zero attached hydrogens (tertiary/aromatic N) is 1. The Bertz CT molecular complexity index is 887. The standard InChI is InChI=1S/C18H18N4O3/c1-2-25-15-6-3-12(4-7-15)18(24)19-11-17(23)21-14-5-8-16-13(9-14)10-20-22-16/h3-10H,2,11H2,1H3,(H,19,24)(H,20,22)(H,21,23). The van der Waals surface area contributed by atoms with Gasteiger partial charge in [0.25, 0.3) is 5.91 Å². The van der Waals surface area contributed by atoms with E-state index in [1.807, 2.05) is 19.1 Å². The number of rotatable bonds is 6. The maximum atomic E-state index is 12.1. The summed E-state index contributed by atoms with van der Waals surface area (Å²) in [6, 6.07) is 12.2. The lowest BCUT2D eigenvalue weighted by molar-refractivity contribution is -0.115. The van der Waals surface area contributed by atoms with Crippen LogP contribution in [0.2, 0.25) is 0 Å². The van der Waals surface area contributed by atoms with Crippen LogP contribution in [0.15, 0.2) is 48.7 Å². The highest BCUT2D eigenvalue weighted by molar-refractivity contribution is 6.00. The number of H-pyrrole nitrogens is 1. The van der Waals surface area contributed by atoms with Gasteiger partial charge in [-0.1, -0.05) is 0 Å². The number of carbonyl (C=O) groups is 2. The molecule has 0 aliphatic carbocycles. The maximum Gasteiger partial charge on any atom is 0.251 e. The predicted molar refractivity (Wildman–Crippen MR) is 94.7 cm³/mol. The van der Waals surface area contributed by atoms with Gasteiger partial charge < -0.3 is 15.4 Å². The molecule has 1 heterocycles.